The molecule has 1 N–H and O–H groups in total. The maximum absolute atomic E-state index is 14.5. The Hall–Kier alpha value is -4.46. The molecule has 5 aromatic rings. The predicted molar refractivity (Wildman–Crippen MR) is 141 cm³/mol. The second-order valence-corrected chi connectivity index (χ2v) is 9.26. The average molecular weight is 500 g/mol. The molecule has 0 spiro atoms. The number of halogens is 1. The first-order valence-corrected chi connectivity index (χ1v) is 11.8. The zero-order valence-corrected chi connectivity index (χ0v) is 21.2. The van der Waals surface area contributed by atoms with E-state index < -0.39 is 17.8 Å². The number of nitrogens with one attached hydrogen (secondary N) is 1. The molecule has 1 atom stereocenters. The Morgan fingerprint density at radius 2 is 1.95 bits per heavy atom. The van der Waals surface area contributed by atoms with Gasteiger partial charge in [-0.1, -0.05) is 12.1 Å². The Morgan fingerprint density at radius 3 is 2.70 bits per heavy atom. The van der Waals surface area contributed by atoms with Gasteiger partial charge in [-0.05, 0) is 62.2 Å². The minimum absolute atomic E-state index is 0.168. The molecule has 0 aliphatic rings. The van der Waals surface area contributed by atoms with Crippen LogP contribution in [-0.2, 0) is 11.8 Å². The lowest BCUT2D eigenvalue weighted by Crippen LogP contribution is -2.14. The maximum Gasteiger partial charge on any atom is 0.342 e. The summed E-state index contributed by atoms with van der Waals surface area (Å²) in [6, 6.07) is 13.0. The number of methoxy groups -OCH3 is 1. The number of hydrogen-bond acceptors (Lipinski definition) is 6. The predicted octanol–water partition coefficient (Wildman–Crippen LogP) is 6.06. The Bertz CT molecular complexity index is 1750. The summed E-state index contributed by atoms with van der Waals surface area (Å²) in [7, 11) is 3.07. The molecule has 2 heterocycles. The summed E-state index contributed by atoms with van der Waals surface area (Å²) < 4.78 is 27.4. The number of fused-ring (bicyclic) bond motifs is 2. The molecule has 2 aromatic heterocycles. The van der Waals surface area contributed by atoms with Crippen LogP contribution in [0.4, 0.5) is 10.1 Å². The molecule has 0 aliphatic carbocycles. The number of aryl methyl sites for hydroxylation is 3. The summed E-state index contributed by atoms with van der Waals surface area (Å²) >= 11 is 0. The van der Waals surface area contributed by atoms with Crippen molar-refractivity contribution in [1.82, 2.24) is 9.78 Å². The van der Waals surface area contributed by atoms with Crippen molar-refractivity contribution in [1.29, 1.82) is 0 Å². The van der Waals surface area contributed by atoms with Gasteiger partial charge in [-0.15, -0.1) is 0 Å². The molecule has 37 heavy (non-hydrogen) atoms. The van der Waals surface area contributed by atoms with Crippen LogP contribution in [-0.4, -0.2) is 22.9 Å². The molecule has 0 radical (unpaired) electrons. The van der Waals surface area contributed by atoms with Crippen LogP contribution in [0.2, 0.25) is 0 Å². The van der Waals surface area contributed by atoms with Crippen LogP contribution in [0.25, 0.3) is 33.2 Å². The van der Waals surface area contributed by atoms with E-state index in [9.17, 15) is 14.0 Å². The van der Waals surface area contributed by atoms with Gasteiger partial charge in [-0.2, -0.15) is 5.10 Å². The van der Waals surface area contributed by atoms with Gasteiger partial charge in [0.05, 0.1) is 29.7 Å². The van der Waals surface area contributed by atoms with Gasteiger partial charge in [-0.25, -0.2) is 9.18 Å². The Labute approximate surface area is 212 Å². The number of anilines is 1. The molecule has 0 amide bonds. The summed E-state index contributed by atoms with van der Waals surface area (Å²) in [6.45, 7) is 5.72. The van der Waals surface area contributed by atoms with E-state index in [0.29, 0.717) is 22.3 Å². The summed E-state index contributed by atoms with van der Waals surface area (Å²) in [5.41, 5.74) is 4.55. The molecular formula is C29H26FN3O4. The molecule has 0 saturated carbocycles. The third kappa shape index (κ3) is 4.35. The Balaban J connectivity index is 1.65. The van der Waals surface area contributed by atoms with E-state index >= 15 is 0 Å². The number of nitrogens with zero attached hydrogens (tertiary/aromatic N) is 2. The fraction of sp³-hybridized carbons (Fsp3) is 0.207. The molecule has 0 saturated heterocycles. The van der Waals surface area contributed by atoms with Crippen LogP contribution >= 0.6 is 0 Å². The van der Waals surface area contributed by atoms with E-state index in [4.69, 9.17) is 9.15 Å². The molecule has 7 nitrogen and oxygen atoms in total. The topological polar surface area (TPSA) is 86.4 Å². The van der Waals surface area contributed by atoms with Crippen molar-refractivity contribution in [3.05, 3.63) is 93.0 Å². The van der Waals surface area contributed by atoms with Gasteiger partial charge in [0, 0.05) is 35.8 Å². The summed E-state index contributed by atoms with van der Waals surface area (Å²) in [6.07, 6.45) is 1.92. The van der Waals surface area contributed by atoms with Crippen molar-refractivity contribution in [2.24, 2.45) is 7.05 Å². The van der Waals surface area contributed by atoms with E-state index in [1.54, 1.807) is 16.8 Å². The molecular weight excluding hydrogens is 473 g/mol. The van der Waals surface area contributed by atoms with Crippen LogP contribution in [0.15, 0.2) is 63.9 Å². The zero-order valence-electron chi connectivity index (χ0n) is 21.2. The van der Waals surface area contributed by atoms with Gasteiger partial charge in [-0.3, -0.25) is 9.48 Å². The first-order valence-electron chi connectivity index (χ1n) is 11.8. The third-order valence-corrected chi connectivity index (χ3v) is 6.44. The molecule has 0 fully saturated rings. The first kappa shape index (κ1) is 24.2. The van der Waals surface area contributed by atoms with Crippen molar-refractivity contribution >= 4 is 33.5 Å². The molecule has 3 aromatic carbocycles. The molecule has 8 heteroatoms. The van der Waals surface area contributed by atoms with Crippen molar-refractivity contribution in [2.75, 3.05) is 12.4 Å². The highest BCUT2D eigenvalue weighted by Crippen LogP contribution is 2.33. The minimum atomic E-state index is -0.781. The second kappa shape index (κ2) is 9.20. The standard InChI is InChI=1S/C29H26FN3O4/c1-15-9-20(17(3)31-23-8-6-7-22(30)26(23)29(35)36-5)28-21(10-15)24(34)13-25(37-28)18-11-16(2)27-19(12-18)14-33(4)32-27/h6-14,17,31H,1-5H3. The van der Waals surface area contributed by atoms with Gasteiger partial charge >= 0.3 is 5.97 Å². The molecule has 1 unspecified atom stereocenters. The number of carbonyl (C=O) groups is 1. The van der Waals surface area contributed by atoms with Gasteiger partial charge in [0.1, 0.15) is 22.7 Å². The quantitative estimate of drug-likeness (QED) is 0.296. The van der Waals surface area contributed by atoms with Gasteiger partial charge in [0.25, 0.3) is 0 Å². The van der Waals surface area contributed by atoms with E-state index in [-0.39, 0.29) is 16.7 Å². The highest BCUT2D eigenvalue weighted by Gasteiger charge is 2.21. The Morgan fingerprint density at radius 1 is 1.16 bits per heavy atom. The van der Waals surface area contributed by atoms with Crippen molar-refractivity contribution in [3.8, 4) is 11.3 Å². The lowest BCUT2D eigenvalue weighted by Gasteiger charge is -2.20. The number of aromatic nitrogens is 2. The molecule has 0 aliphatic heterocycles. The lowest BCUT2D eigenvalue weighted by atomic mass is 9.99. The molecule has 5 rings (SSSR count). The summed E-state index contributed by atoms with van der Waals surface area (Å²) in [4.78, 5) is 25.5. The number of ether oxygens (including phenoxy) is 1. The number of esters is 1. The summed E-state index contributed by atoms with van der Waals surface area (Å²) in [5.74, 6) is -1.03. The maximum atomic E-state index is 14.5. The average Bonchev–Trinajstić information content (AvgIpc) is 3.24. The smallest absolute Gasteiger partial charge is 0.342 e. The first-order chi connectivity index (χ1) is 17.7. The Kier molecular flexibility index (Phi) is 6.03. The van der Waals surface area contributed by atoms with Crippen LogP contribution < -0.4 is 10.7 Å². The summed E-state index contributed by atoms with van der Waals surface area (Å²) in [5, 5.41) is 9.08. The SMILES string of the molecule is COC(=O)c1c(F)cccc1NC(C)c1cc(C)cc2c(=O)cc(-c3cc(C)c4nn(C)cc4c3)oc12. The number of benzene rings is 3. The largest absolute Gasteiger partial charge is 0.465 e. The van der Waals surface area contributed by atoms with Crippen LogP contribution in [0.5, 0.6) is 0 Å². The minimum Gasteiger partial charge on any atom is -0.465 e. The molecule has 0 bridgehead atoms. The van der Waals surface area contributed by atoms with Crippen LogP contribution in [0.1, 0.15) is 40.0 Å². The second-order valence-electron chi connectivity index (χ2n) is 9.26. The van der Waals surface area contributed by atoms with Crippen molar-refractivity contribution in [3.63, 3.8) is 0 Å². The van der Waals surface area contributed by atoms with Crippen LogP contribution in [0, 0.1) is 19.7 Å². The van der Waals surface area contributed by atoms with E-state index in [0.717, 1.165) is 27.6 Å². The van der Waals surface area contributed by atoms with E-state index in [2.05, 4.69) is 10.4 Å². The van der Waals surface area contributed by atoms with Gasteiger partial charge in [0.2, 0.25) is 0 Å². The highest BCUT2D eigenvalue weighted by atomic mass is 19.1. The van der Waals surface area contributed by atoms with E-state index in [1.807, 2.05) is 52.2 Å². The number of rotatable bonds is 5. The number of hydrogen-bond donors (Lipinski definition) is 1. The van der Waals surface area contributed by atoms with Gasteiger partial charge in [0.15, 0.2) is 5.43 Å². The normalized spacial score (nSPS) is 12.2. The number of carbonyl (C=O) groups excluding carboxylic acids is 1. The third-order valence-electron chi connectivity index (χ3n) is 6.44. The van der Waals surface area contributed by atoms with Crippen molar-refractivity contribution in [2.45, 2.75) is 26.8 Å². The van der Waals surface area contributed by atoms with Crippen LogP contribution in [0.3, 0.4) is 0 Å². The zero-order chi connectivity index (χ0) is 26.4. The molecule has 188 valence electrons. The fourth-order valence-corrected chi connectivity index (χ4v) is 4.74. The van der Waals surface area contributed by atoms with Crippen molar-refractivity contribution < 1.29 is 18.3 Å². The monoisotopic (exact) mass is 499 g/mol. The van der Waals surface area contributed by atoms with E-state index in [1.165, 1.54) is 25.3 Å². The fourth-order valence-electron chi connectivity index (χ4n) is 4.74. The highest BCUT2D eigenvalue weighted by molar-refractivity contribution is 5.96. The van der Waals surface area contributed by atoms with Gasteiger partial charge < -0.3 is 14.5 Å². The lowest BCUT2D eigenvalue weighted by molar-refractivity contribution is 0.0596.